The molecule has 0 saturated carbocycles. The Morgan fingerprint density at radius 2 is 1.62 bits per heavy atom. The van der Waals surface area contributed by atoms with E-state index in [9.17, 15) is 19.2 Å². The van der Waals surface area contributed by atoms with Crippen LogP contribution >= 0.6 is 0 Å². The van der Waals surface area contributed by atoms with Gasteiger partial charge in [-0.1, -0.05) is 50.2 Å². The Balaban J connectivity index is 1.78. The maximum absolute atomic E-state index is 13.9. The lowest BCUT2D eigenvalue weighted by molar-refractivity contribution is -0.145. The lowest BCUT2D eigenvalue weighted by atomic mass is 9.95. The minimum Gasteiger partial charge on any atom is -0.493 e. The van der Waals surface area contributed by atoms with Crippen LogP contribution in [0.4, 0.5) is 5.69 Å². The minimum absolute atomic E-state index is 0.173. The van der Waals surface area contributed by atoms with Crippen molar-refractivity contribution in [2.24, 2.45) is 5.92 Å². The molecule has 4 rings (SSSR count). The number of rotatable bonds is 12. The van der Waals surface area contributed by atoms with Gasteiger partial charge in [0.2, 0.25) is 23.0 Å². The van der Waals surface area contributed by atoms with Gasteiger partial charge >= 0.3 is 5.97 Å². The quantitative estimate of drug-likeness (QED) is 0.247. The maximum Gasteiger partial charge on any atom is 0.328 e. The van der Waals surface area contributed by atoms with Crippen LogP contribution in [0.15, 0.2) is 59.4 Å². The van der Waals surface area contributed by atoms with Crippen molar-refractivity contribution in [1.82, 2.24) is 10.6 Å². The van der Waals surface area contributed by atoms with Crippen molar-refractivity contribution < 1.29 is 33.3 Å². The summed E-state index contributed by atoms with van der Waals surface area (Å²) in [5.74, 6) is -0.205. The van der Waals surface area contributed by atoms with Crippen LogP contribution in [-0.4, -0.2) is 58.3 Å². The molecule has 0 heterocycles. The molecule has 1 aliphatic carbocycles. The molecule has 3 atom stereocenters. The highest BCUT2D eigenvalue weighted by atomic mass is 16.5. The summed E-state index contributed by atoms with van der Waals surface area (Å²) >= 11 is 0. The van der Waals surface area contributed by atoms with E-state index in [1.165, 1.54) is 34.3 Å². The molecule has 0 aliphatic heterocycles. The van der Waals surface area contributed by atoms with Gasteiger partial charge in [-0.05, 0) is 59.2 Å². The molecule has 11 heteroatoms. The Morgan fingerprint density at radius 1 is 0.915 bits per heavy atom. The van der Waals surface area contributed by atoms with E-state index in [-0.39, 0.29) is 29.4 Å². The van der Waals surface area contributed by atoms with Gasteiger partial charge in [0.05, 0.1) is 40.2 Å². The second kappa shape index (κ2) is 15.5. The van der Waals surface area contributed by atoms with Crippen molar-refractivity contribution in [3.8, 4) is 28.4 Å². The smallest absolute Gasteiger partial charge is 0.328 e. The van der Waals surface area contributed by atoms with E-state index in [4.69, 9.17) is 18.9 Å². The first kappa shape index (κ1) is 34.8. The summed E-state index contributed by atoms with van der Waals surface area (Å²) in [4.78, 5) is 52.5. The van der Waals surface area contributed by atoms with E-state index in [2.05, 4.69) is 16.0 Å². The summed E-state index contributed by atoms with van der Waals surface area (Å²) in [5.41, 5.74) is 3.53. The molecule has 2 amide bonds. The average molecular weight is 646 g/mol. The van der Waals surface area contributed by atoms with Crippen molar-refractivity contribution in [3.05, 3.63) is 81.5 Å². The van der Waals surface area contributed by atoms with Crippen LogP contribution in [-0.2, 0) is 32.0 Å². The van der Waals surface area contributed by atoms with Gasteiger partial charge in [0.15, 0.2) is 11.5 Å². The molecule has 0 radical (unpaired) electrons. The van der Waals surface area contributed by atoms with E-state index in [0.29, 0.717) is 41.2 Å². The third-order valence-corrected chi connectivity index (χ3v) is 8.26. The number of ether oxygens (including phenoxy) is 4. The van der Waals surface area contributed by atoms with Crippen molar-refractivity contribution in [2.75, 3.05) is 33.8 Å². The number of amides is 2. The zero-order valence-corrected chi connectivity index (χ0v) is 27.9. The van der Waals surface area contributed by atoms with Crippen LogP contribution in [0.1, 0.15) is 49.9 Å². The van der Waals surface area contributed by atoms with Crippen LogP contribution in [0.3, 0.4) is 0 Å². The molecule has 0 fully saturated rings. The fourth-order valence-corrected chi connectivity index (χ4v) is 5.98. The van der Waals surface area contributed by atoms with Gasteiger partial charge in [-0.2, -0.15) is 0 Å². The second-order valence-corrected chi connectivity index (χ2v) is 11.7. The first-order valence-electron chi connectivity index (χ1n) is 15.5. The Bertz CT molecular complexity index is 1680. The Kier molecular flexibility index (Phi) is 11.5. The molecular formula is C36H43N3O8. The Morgan fingerprint density at radius 3 is 2.21 bits per heavy atom. The van der Waals surface area contributed by atoms with Crippen molar-refractivity contribution in [1.29, 1.82) is 0 Å². The number of fused-ring (bicyclic) bond motifs is 3. The van der Waals surface area contributed by atoms with Gasteiger partial charge in [0.25, 0.3) is 0 Å². The van der Waals surface area contributed by atoms with Crippen molar-refractivity contribution >= 4 is 23.5 Å². The van der Waals surface area contributed by atoms with Gasteiger partial charge in [-0.15, -0.1) is 0 Å². The monoisotopic (exact) mass is 645 g/mol. The molecule has 3 N–H and O–H groups in total. The number of anilines is 1. The summed E-state index contributed by atoms with van der Waals surface area (Å²) in [6.07, 6.45) is 1.32. The van der Waals surface area contributed by atoms with E-state index >= 15 is 0 Å². The van der Waals surface area contributed by atoms with Gasteiger partial charge in [-0.3, -0.25) is 14.4 Å². The summed E-state index contributed by atoms with van der Waals surface area (Å²) in [6.45, 7) is 5.12. The maximum atomic E-state index is 13.9. The van der Waals surface area contributed by atoms with Gasteiger partial charge in [0.1, 0.15) is 12.1 Å². The molecule has 0 saturated heterocycles. The molecule has 0 bridgehead atoms. The number of nitrogens with one attached hydrogen (secondary N) is 3. The summed E-state index contributed by atoms with van der Waals surface area (Å²) < 4.78 is 22.1. The number of hydrogen-bond donors (Lipinski definition) is 3. The van der Waals surface area contributed by atoms with E-state index in [1.54, 1.807) is 19.2 Å². The van der Waals surface area contributed by atoms with E-state index in [1.807, 2.05) is 50.2 Å². The SMILES string of the molecule is COC(=O)C(Cc1ccccc1)NC(=O)C(Nc1ccc2c(cc1=O)C(NC(C)=O)CCc1cc(OC)c(OC)c(OC)c1-2)C(C)C. The third-order valence-electron chi connectivity index (χ3n) is 8.26. The summed E-state index contributed by atoms with van der Waals surface area (Å²) in [6, 6.07) is 13.8. The largest absolute Gasteiger partial charge is 0.493 e. The molecule has 3 aromatic rings. The summed E-state index contributed by atoms with van der Waals surface area (Å²) in [5, 5.41) is 8.95. The first-order valence-corrected chi connectivity index (χ1v) is 15.5. The Labute approximate surface area is 275 Å². The molecule has 3 unspecified atom stereocenters. The lowest BCUT2D eigenvalue weighted by Gasteiger charge is -2.25. The molecule has 0 aromatic heterocycles. The van der Waals surface area contributed by atoms with E-state index in [0.717, 1.165) is 16.7 Å². The lowest BCUT2D eigenvalue weighted by Crippen LogP contribution is -2.51. The number of benzene rings is 2. The fourth-order valence-electron chi connectivity index (χ4n) is 5.98. The average Bonchev–Trinajstić information content (AvgIpc) is 3.30. The van der Waals surface area contributed by atoms with Crippen LogP contribution in [0.25, 0.3) is 11.1 Å². The molecule has 0 spiro atoms. The van der Waals surface area contributed by atoms with Gasteiger partial charge < -0.3 is 34.9 Å². The van der Waals surface area contributed by atoms with Crippen LogP contribution in [0.5, 0.6) is 17.2 Å². The highest BCUT2D eigenvalue weighted by Crippen LogP contribution is 2.50. The van der Waals surface area contributed by atoms with Crippen molar-refractivity contribution in [3.63, 3.8) is 0 Å². The van der Waals surface area contributed by atoms with Crippen molar-refractivity contribution in [2.45, 2.75) is 58.2 Å². The normalized spacial score (nSPS) is 14.8. The number of carbonyl (C=O) groups excluding carboxylic acids is 3. The molecular weight excluding hydrogens is 602 g/mol. The predicted molar refractivity (Wildman–Crippen MR) is 179 cm³/mol. The zero-order valence-electron chi connectivity index (χ0n) is 27.9. The zero-order chi connectivity index (χ0) is 34.2. The molecule has 1 aliphatic rings. The molecule has 3 aromatic carbocycles. The number of esters is 1. The van der Waals surface area contributed by atoms with Crippen LogP contribution in [0.2, 0.25) is 0 Å². The van der Waals surface area contributed by atoms with Crippen LogP contribution in [0, 0.1) is 5.92 Å². The van der Waals surface area contributed by atoms with E-state index < -0.39 is 30.0 Å². The fraction of sp³-hybridized carbons (Fsp3) is 0.389. The first-order chi connectivity index (χ1) is 22.5. The Hall–Kier alpha value is -5.06. The predicted octanol–water partition coefficient (Wildman–Crippen LogP) is 4.20. The number of hydrogen-bond acceptors (Lipinski definition) is 9. The molecule has 11 nitrogen and oxygen atoms in total. The number of carbonyl (C=O) groups is 3. The summed E-state index contributed by atoms with van der Waals surface area (Å²) in [7, 11) is 5.88. The van der Waals surface area contributed by atoms with Gasteiger partial charge in [-0.25, -0.2) is 4.79 Å². The second-order valence-electron chi connectivity index (χ2n) is 11.7. The van der Waals surface area contributed by atoms with Gasteiger partial charge in [0, 0.05) is 18.9 Å². The standard InChI is InChI=1S/C36H43N3O8/c1-20(2)32(35(42)39-28(36(43)47-7)17-22-11-9-8-10-12-22)38-27-16-14-24-25(19-29(27)41)26(37-21(3)40)15-13-23-18-30(44-4)33(45-5)34(46-6)31(23)24/h8-12,14,16,18-20,26,28,32H,13,15,17H2,1-7H3,(H,37,40)(H,38,41)(H,39,42). The molecule has 47 heavy (non-hydrogen) atoms. The topological polar surface area (TPSA) is 141 Å². The number of aryl methyl sites for hydroxylation is 1. The van der Waals surface area contributed by atoms with Crippen LogP contribution < -0.4 is 35.6 Å². The third kappa shape index (κ3) is 7.85. The minimum atomic E-state index is -0.929. The number of methoxy groups -OCH3 is 4. The highest BCUT2D eigenvalue weighted by Gasteiger charge is 2.31. The molecule has 250 valence electrons. The highest BCUT2D eigenvalue weighted by molar-refractivity contribution is 5.90.